The summed E-state index contributed by atoms with van der Waals surface area (Å²) in [4.78, 5) is 27.2. The van der Waals surface area contributed by atoms with Crippen LogP contribution in [0.4, 0.5) is 0 Å². The summed E-state index contributed by atoms with van der Waals surface area (Å²) < 4.78 is 67.1. The van der Waals surface area contributed by atoms with Gasteiger partial charge in [0.2, 0.25) is 0 Å². The molecule has 4 bridgehead atoms. The lowest BCUT2D eigenvalue weighted by molar-refractivity contribution is -0.271. The lowest BCUT2D eigenvalue weighted by Crippen LogP contribution is -2.61. The van der Waals surface area contributed by atoms with Gasteiger partial charge in [0.1, 0.15) is 62.0 Å². The van der Waals surface area contributed by atoms with Gasteiger partial charge >= 0.3 is 11.9 Å². The number of hydrogen-bond donors (Lipinski definition) is 0. The summed E-state index contributed by atoms with van der Waals surface area (Å²) in [5, 5.41) is 0. The summed E-state index contributed by atoms with van der Waals surface area (Å²) >= 11 is 0. The quantitative estimate of drug-likeness (QED) is 0.0601. The van der Waals surface area contributed by atoms with Crippen molar-refractivity contribution in [2.45, 2.75) is 126 Å². The van der Waals surface area contributed by atoms with E-state index in [-0.39, 0.29) is 65.7 Å². The van der Waals surface area contributed by atoms with Gasteiger partial charge in [-0.05, 0) is 46.2 Å². The number of fused-ring (bicyclic) bond motifs is 4. The van der Waals surface area contributed by atoms with Crippen LogP contribution in [0.3, 0.4) is 0 Å². The summed E-state index contributed by atoms with van der Waals surface area (Å²) in [6, 6.07) is 59.6. The topological polar surface area (TPSA) is 126 Å². The minimum Gasteiger partial charge on any atom is -0.463 e. The van der Waals surface area contributed by atoms with Gasteiger partial charge in [-0.15, -0.1) is 0 Å². The van der Waals surface area contributed by atoms with Crippen molar-refractivity contribution in [1.29, 1.82) is 0 Å². The lowest BCUT2D eigenvalue weighted by atomic mass is 9.91. The molecule has 2 fully saturated rings. The van der Waals surface area contributed by atoms with Gasteiger partial charge in [-0.3, -0.25) is 9.59 Å². The van der Waals surface area contributed by atoms with Crippen LogP contribution in [0.15, 0.2) is 194 Å². The minimum absolute atomic E-state index is 0.145. The number of benzene rings is 6. The Morgan fingerprint density at radius 2 is 0.541 bits per heavy atom. The second-order valence-electron chi connectivity index (χ2n) is 18.8. The largest absolute Gasteiger partial charge is 0.463 e. The molecule has 0 unspecified atom stereocenters. The van der Waals surface area contributed by atoms with Crippen LogP contribution in [0, 0.1) is 0 Å². The normalized spacial score (nSPS) is 26.2. The molecule has 0 aliphatic carbocycles. The molecule has 0 spiro atoms. The summed E-state index contributed by atoms with van der Waals surface area (Å²) in [6.07, 6.45) is -2.25. The van der Waals surface area contributed by atoms with Crippen molar-refractivity contribution in [1.82, 2.24) is 0 Å². The van der Waals surface area contributed by atoms with Crippen LogP contribution in [0.1, 0.15) is 59.1 Å². The first kappa shape index (κ1) is 52.5. The van der Waals surface area contributed by atoms with E-state index in [4.69, 9.17) is 47.4 Å². The Labute approximate surface area is 434 Å². The van der Waals surface area contributed by atoms with Crippen molar-refractivity contribution in [3.63, 3.8) is 0 Å². The standard InChI is InChI=1S/C62H66O12/c63-55-35-36-56(64)66-44-54-60(70-40-48-27-13-4-14-28-48)62(72-42-50-31-17-6-18-32-50)58(68-38-46-23-9-2-10-24-46)52(74-54)34-20-19-33-51-57(67-37-45-21-7-1-8-22-45)61(71-41-49-29-15-5-16-30-49)59(53(73-51)43-65-55)69-39-47-25-11-3-12-26-47/h1-32,51-54,57-62H,33-44H2/b20-19+/t51-,52-,53-,54-,57-,58-,59-,60-,61-,62-/m1/s1. The number of cyclic esters (lactones) is 2. The predicted molar refractivity (Wildman–Crippen MR) is 277 cm³/mol. The molecule has 0 radical (unpaired) electrons. The van der Waals surface area contributed by atoms with Gasteiger partial charge in [0, 0.05) is 0 Å². The fraction of sp³-hybridized carbons (Fsp3) is 0.355. The van der Waals surface area contributed by atoms with Crippen molar-refractivity contribution in [2.24, 2.45) is 0 Å². The minimum atomic E-state index is -0.766. The second kappa shape index (κ2) is 27.8. The molecule has 2 saturated heterocycles. The first-order chi connectivity index (χ1) is 36.5. The molecule has 10 atom stereocenters. The van der Waals surface area contributed by atoms with Crippen molar-refractivity contribution in [3.05, 3.63) is 228 Å². The second-order valence-corrected chi connectivity index (χ2v) is 18.8. The van der Waals surface area contributed by atoms with E-state index in [1.807, 2.05) is 182 Å². The zero-order chi connectivity index (χ0) is 50.6. The molecule has 6 aromatic rings. The Hall–Kier alpha value is -6.32. The monoisotopic (exact) mass is 1000 g/mol. The van der Waals surface area contributed by atoms with Gasteiger partial charge in [0.25, 0.3) is 0 Å². The van der Waals surface area contributed by atoms with Gasteiger partial charge in [0.05, 0.1) is 64.7 Å². The fourth-order valence-electron chi connectivity index (χ4n) is 9.57. The van der Waals surface area contributed by atoms with Crippen LogP contribution in [0.5, 0.6) is 0 Å². The average molecular weight is 1000 g/mol. The number of esters is 2. The van der Waals surface area contributed by atoms with E-state index in [0.717, 1.165) is 33.4 Å². The predicted octanol–water partition coefficient (Wildman–Crippen LogP) is 10.3. The first-order valence-corrected chi connectivity index (χ1v) is 25.7. The zero-order valence-electron chi connectivity index (χ0n) is 41.6. The molecule has 9 rings (SSSR count). The lowest BCUT2D eigenvalue weighted by Gasteiger charge is -2.46. The maximum Gasteiger partial charge on any atom is 0.306 e. The van der Waals surface area contributed by atoms with Crippen LogP contribution < -0.4 is 0 Å². The van der Waals surface area contributed by atoms with E-state index >= 15 is 0 Å². The number of hydrogen-bond acceptors (Lipinski definition) is 12. The van der Waals surface area contributed by atoms with E-state index in [1.54, 1.807) is 0 Å². The Bertz CT molecular complexity index is 2410. The molecular weight excluding hydrogens is 937 g/mol. The van der Waals surface area contributed by atoms with Crippen LogP contribution in [0.2, 0.25) is 0 Å². The molecule has 3 heterocycles. The summed E-state index contributed by atoms with van der Waals surface area (Å²) in [6.45, 7) is 1.32. The van der Waals surface area contributed by atoms with Gasteiger partial charge in [-0.1, -0.05) is 194 Å². The molecule has 6 aromatic carbocycles. The van der Waals surface area contributed by atoms with Crippen LogP contribution >= 0.6 is 0 Å². The Morgan fingerprint density at radius 1 is 0.311 bits per heavy atom. The first-order valence-electron chi connectivity index (χ1n) is 25.7. The number of carbonyl (C=O) groups excluding carboxylic acids is 2. The van der Waals surface area contributed by atoms with Crippen molar-refractivity contribution < 1.29 is 57.0 Å². The van der Waals surface area contributed by atoms with Crippen molar-refractivity contribution in [3.8, 4) is 0 Å². The third-order valence-electron chi connectivity index (χ3n) is 13.4. The van der Waals surface area contributed by atoms with E-state index in [1.165, 1.54) is 0 Å². The molecule has 0 amide bonds. The SMILES string of the molecule is O=C1CCC(=O)OC[C@H]2O[C@H](C/C=C/C[C@H]3O[C@H](CO1)[C@@H](OCc1ccccc1)[C@H](OCc1ccccc1)[C@@H]3OCc1ccccc1)[C@@H](OCc1ccccc1)[C@@H](OCc1ccccc1)[C@@H]2OCc1ccccc1. The molecular formula is C62H66O12. The van der Waals surface area contributed by atoms with Gasteiger partial charge in [-0.25, -0.2) is 0 Å². The number of carbonyl (C=O) groups is 2. The molecule has 74 heavy (non-hydrogen) atoms. The highest BCUT2D eigenvalue weighted by Crippen LogP contribution is 2.35. The maximum absolute atomic E-state index is 13.6. The Kier molecular flexibility index (Phi) is 19.8. The molecule has 12 nitrogen and oxygen atoms in total. The van der Waals surface area contributed by atoms with Gasteiger partial charge < -0.3 is 47.4 Å². The Morgan fingerprint density at radius 3 is 0.797 bits per heavy atom. The Balaban J connectivity index is 1.05. The van der Waals surface area contributed by atoms with E-state index in [0.29, 0.717) is 12.8 Å². The highest BCUT2D eigenvalue weighted by molar-refractivity contribution is 5.77. The maximum atomic E-state index is 13.6. The molecule has 386 valence electrons. The third-order valence-corrected chi connectivity index (χ3v) is 13.4. The molecule has 3 aliphatic heterocycles. The molecule has 0 aromatic heterocycles. The summed E-state index contributed by atoms with van der Waals surface area (Å²) in [5.74, 6) is -1.17. The zero-order valence-corrected chi connectivity index (χ0v) is 41.6. The van der Waals surface area contributed by atoms with Crippen molar-refractivity contribution in [2.75, 3.05) is 13.2 Å². The van der Waals surface area contributed by atoms with Crippen LogP contribution in [-0.4, -0.2) is 86.2 Å². The molecule has 0 saturated carbocycles. The van der Waals surface area contributed by atoms with Crippen LogP contribution in [0.25, 0.3) is 0 Å². The van der Waals surface area contributed by atoms with Gasteiger partial charge in [-0.2, -0.15) is 0 Å². The molecule has 3 aliphatic rings. The third kappa shape index (κ3) is 15.4. The molecule has 12 heteroatoms. The van der Waals surface area contributed by atoms with E-state index in [9.17, 15) is 9.59 Å². The summed E-state index contributed by atoms with van der Waals surface area (Å²) in [7, 11) is 0. The highest BCUT2D eigenvalue weighted by atomic mass is 16.6. The van der Waals surface area contributed by atoms with Crippen LogP contribution in [-0.2, 0) is 96.6 Å². The average Bonchev–Trinajstić information content (AvgIpc) is 3.45. The number of rotatable bonds is 18. The van der Waals surface area contributed by atoms with E-state index < -0.39 is 73.0 Å². The van der Waals surface area contributed by atoms with Crippen molar-refractivity contribution >= 4 is 11.9 Å². The number of ether oxygens (including phenoxy) is 10. The van der Waals surface area contributed by atoms with Gasteiger partial charge in [0.15, 0.2) is 0 Å². The van der Waals surface area contributed by atoms with E-state index in [2.05, 4.69) is 12.2 Å². The fourth-order valence-corrected chi connectivity index (χ4v) is 9.57. The highest BCUT2D eigenvalue weighted by Gasteiger charge is 2.50. The molecule has 0 N–H and O–H groups in total. The summed E-state index contributed by atoms with van der Waals surface area (Å²) in [5.41, 5.74) is 5.84. The smallest absolute Gasteiger partial charge is 0.306 e.